The van der Waals surface area contributed by atoms with Crippen molar-refractivity contribution in [1.29, 1.82) is 0 Å². The summed E-state index contributed by atoms with van der Waals surface area (Å²) in [5, 5.41) is 0. The molecule has 0 aromatic rings. The van der Waals surface area contributed by atoms with Gasteiger partial charge in [-0.1, -0.05) is 19.1 Å². The van der Waals surface area contributed by atoms with E-state index in [0.717, 1.165) is 19.3 Å². The molecule has 51 valence electrons. The Balaban J connectivity index is 2.90. The van der Waals surface area contributed by atoms with Crippen molar-refractivity contribution < 1.29 is 4.79 Å². The first-order valence-electron chi connectivity index (χ1n) is 3.41. The molecule has 0 rings (SSSR count). The molecule has 0 unspecified atom stereocenters. The average Bonchev–Trinajstić information content (AvgIpc) is 1.89. The number of carbonyl (C=O) groups excluding carboxylic acids is 1. The Morgan fingerprint density at radius 1 is 1.44 bits per heavy atom. The van der Waals surface area contributed by atoms with E-state index in [9.17, 15) is 4.79 Å². The highest BCUT2D eigenvalue weighted by Crippen LogP contribution is 1.94. The van der Waals surface area contributed by atoms with Crippen LogP contribution in [0.15, 0.2) is 12.2 Å². The van der Waals surface area contributed by atoms with Crippen LogP contribution in [-0.2, 0) is 4.79 Å². The minimum absolute atomic E-state index is 0.577. The SMILES string of the molecule is CCC=CCCC[C]=O. The number of rotatable bonds is 5. The molecule has 1 nitrogen and oxygen atoms in total. The lowest BCUT2D eigenvalue weighted by atomic mass is 10.2. The normalized spacial score (nSPS) is 10.3. The maximum absolute atomic E-state index is 9.69. The Hall–Kier alpha value is -0.590. The van der Waals surface area contributed by atoms with E-state index in [4.69, 9.17) is 0 Å². The molecular formula is C8H13O. The second-order valence-corrected chi connectivity index (χ2v) is 1.92. The van der Waals surface area contributed by atoms with Gasteiger partial charge in [-0.05, 0) is 19.3 Å². The Morgan fingerprint density at radius 2 is 2.22 bits per heavy atom. The van der Waals surface area contributed by atoms with Crippen molar-refractivity contribution in [3.05, 3.63) is 12.2 Å². The van der Waals surface area contributed by atoms with Gasteiger partial charge < -0.3 is 0 Å². The number of unbranched alkanes of at least 4 members (excludes halogenated alkanes) is 2. The summed E-state index contributed by atoms with van der Waals surface area (Å²) in [4.78, 5) is 9.69. The minimum Gasteiger partial charge on any atom is -0.291 e. The number of hydrogen-bond acceptors (Lipinski definition) is 1. The molecule has 0 bridgehead atoms. The Morgan fingerprint density at radius 3 is 2.78 bits per heavy atom. The third-order valence-electron chi connectivity index (χ3n) is 1.05. The fourth-order valence-electron chi connectivity index (χ4n) is 0.577. The van der Waals surface area contributed by atoms with E-state index in [2.05, 4.69) is 19.1 Å². The highest BCUT2D eigenvalue weighted by molar-refractivity contribution is 5.50. The lowest BCUT2D eigenvalue weighted by molar-refractivity contribution is 0.549. The first-order chi connectivity index (χ1) is 4.41. The van der Waals surface area contributed by atoms with Crippen LogP contribution in [0.25, 0.3) is 0 Å². The van der Waals surface area contributed by atoms with Crippen molar-refractivity contribution >= 4 is 6.29 Å². The molecule has 0 aliphatic rings. The molecule has 9 heavy (non-hydrogen) atoms. The summed E-state index contributed by atoms with van der Waals surface area (Å²) in [6.45, 7) is 2.10. The Bertz CT molecular complexity index is 84.6. The van der Waals surface area contributed by atoms with E-state index >= 15 is 0 Å². The lowest BCUT2D eigenvalue weighted by Gasteiger charge is -1.84. The first-order valence-corrected chi connectivity index (χ1v) is 3.41. The van der Waals surface area contributed by atoms with Crippen LogP contribution < -0.4 is 0 Å². The van der Waals surface area contributed by atoms with Crippen LogP contribution in [0.5, 0.6) is 0 Å². The molecule has 0 aliphatic heterocycles. The van der Waals surface area contributed by atoms with E-state index in [1.54, 1.807) is 0 Å². The number of hydrogen-bond donors (Lipinski definition) is 0. The molecule has 0 fully saturated rings. The van der Waals surface area contributed by atoms with Crippen LogP contribution in [0.1, 0.15) is 32.6 Å². The van der Waals surface area contributed by atoms with Gasteiger partial charge >= 0.3 is 0 Å². The fraction of sp³-hybridized carbons (Fsp3) is 0.625. The summed E-state index contributed by atoms with van der Waals surface area (Å²) in [6, 6.07) is 0. The Kier molecular flexibility index (Phi) is 6.92. The maximum atomic E-state index is 9.69. The van der Waals surface area contributed by atoms with Crippen LogP contribution >= 0.6 is 0 Å². The van der Waals surface area contributed by atoms with Gasteiger partial charge in [-0.2, -0.15) is 0 Å². The van der Waals surface area contributed by atoms with Gasteiger partial charge in [0.2, 0.25) is 0 Å². The molecule has 0 aromatic carbocycles. The second-order valence-electron chi connectivity index (χ2n) is 1.92. The predicted octanol–water partition coefficient (Wildman–Crippen LogP) is 2.23. The van der Waals surface area contributed by atoms with Crippen molar-refractivity contribution in [3.63, 3.8) is 0 Å². The average molecular weight is 125 g/mol. The lowest BCUT2D eigenvalue weighted by Crippen LogP contribution is -1.72. The highest BCUT2D eigenvalue weighted by atomic mass is 16.1. The van der Waals surface area contributed by atoms with Gasteiger partial charge in [-0.3, -0.25) is 4.79 Å². The van der Waals surface area contributed by atoms with Crippen molar-refractivity contribution in [2.45, 2.75) is 32.6 Å². The first kappa shape index (κ1) is 8.41. The summed E-state index contributed by atoms with van der Waals surface area (Å²) >= 11 is 0. The van der Waals surface area contributed by atoms with Gasteiger partial charge in [0, 0.05) is 6.42 Å². The van der Waals surface area contributed by atoms with Gasteiger partial charge in [-0.15, -0.1) is 0 Å². The molecule has 1 radical (unpaired) electrons. The van der Waals surface area contributed by atoms with Crippen molar-refractivity contribution in [1.82, 2.24) is 0 Å². The fourth-order valence-corrected chi connectivity index (χ4v) is 0.577. The largest absolute Gasteiger partial charge is 0.291 e. The maximum Gasteiger partial charge on any atom is 0.198 e. The Labute approximate surface area is 56.8 Å². The van der Waals surface area contributed by atoms with Gasteiger partial charge in [0.1, 0.15) is 0 Å². The summed E-state index contributed by atoms with van der Waals surface area (Å²) in [5.74, 6) is 0. The van der Waals surface area contributed by atoms with E-state index in [1.165, 1.54) is 0 Å². The highest BCUT2D eigenvalue weighted by Gasteiger charge is 1.80. The molecule has 0 spiro atoms. The van der Waals surface area contributed by atoms with Crippen molar-refractivity contribution in [2.75, 3.05) is 0 Å². The molecule has 0 saturated carbocycles. The molecule has 0 aromatic heterocycles. The molecule has 0 aliphatic carbocycles. The molecule has 0 saturated heterocycles. The third kappa shape index (κ3) is 7.41. The van der Waals surface area contributed by atoms with Gasteiger partial charge in [-0.25, -0.2) is 0 Å². The summed E-state index contributed by atoms with van der Waals surface area (Å²) in [7, 11) is 0. The molecule has 1 heteroatoms. The zero-order valence-corrected chi connectivity index (χ0v) is 5.89. The molecular weight excluding hydrogens is 112 g/mol. The number of allylic oxidation sites excluding steroid dienone is 2. The minimum atomic E-state index is 0.577. The van der Waals surface area contributed by atoms with Crippen molar-refractivity contribution in [3.8, 4) is 0 Å². The van der Waals surface area contributed by atoms with Crippen LogP contribution in [0.2, 0.25) is 0 Å². The van der Waals surface area contributed by atoms with Crippen LogP contribution in [0.4, 0.5) is 0 Å². The third-order valence-corrected chi connectivity index (χ3v) is 1.05. The monoisotopic (exact) mass is 125 g/mol. The van der Waals surface area contributed by atoms with E-state index < -0.39 is 0 Å². The van der Waals surface area contributed by atoms with Gasteiger partial charge in [0.15, 0.2) is 6.29 Å². The van der Waals surface area contributed by atoms with E-state index in [0.29, 0.717) is 6.42 Å². The summed E-state index contributed by atoms with van der Waals surface area (Å²) in [6.07, 6.45) is 9.71. The van der Waals surface area contributed by atoms with E-state index in [-0.39, 0.29) is 0 Å². The van der Waals surface area contributed by atoms with Crippen LogP contribution in [0.3, 0.4) is 0 Å². The second kappa shape index (κ2) is 7.41. The van der Waals surface area contributed by atoms with Crippen molar-refractivity contribution in [2.24, 2.45) is 0 Å². The zero-order valence-electron chi connectivity index (χ0n) is 5.89. The quantitative estimate of drug-likeness (QED) is 0.407. The zero-order chi connectivity index (χ0) is 6.95. The summed E-state index contributed by atoms with van der Waals surface area (Å²) in [5.41, 5.74) is 0. The summed E-state index contributed by atoms with van der Waals surface area (Å²) < 4.78 is 0. The molecule has 0 atom stereocenters. The van der Waals surface area contributed by atoms with Gasteiger partial charge in [0.05, 0.1) is 0 Å². The molecule has 0 heterocycles. The molecule has 0 amide bonds. The predicted molar refractivity (Wildman–Crippen MR) is 39.0 cm³/mol. The van der Waals surface area contributed by atoms with Crippen LogP contribution in [0, 0.1) is 0 Å². The topological polar surface area (TPSA) is 17.1 Å². The van der Waals surface area contributed by atoms with Crippen LogP contribution in [-0.4, -0.2) is 6.29 Å². The van der Waals surface area contributed by atoms with Gasteiger partial charge in [0.25, 0.3) is 0 Å². The van der Waals surface area contributed by atoms with E-state index in [1.807, 2.05) is 6.29 Å². The smallest absolute Gasteiger partial charge is 0.198 e. The standard InChI is InChI=1S/C8H13O/c1-2-3-4-5-6-7-8-9/h3-4H,2,5-7H2,1H3. The molecule has 0 N–H and O–H groups in total.